The average molecular weight is 607 g/mol. The van der Waals surface area contributed by atoms with Gasteiger partial charge in [0.15, 0.2) is 0 Å². The smallest absolute Gasteiger partial charge is 0.405 e. The predicted octanol–water partition coefficient (Wildman–Crippen LogP) is 8.50. The molecule has 220 valence electrons. The van der Waals surface area contributed by atoms with Crippen LogP contribution in [0.1, 0.15) is 25.7 Å². The Kier molecular flexibility index (Phi) is 10.4. The normalized spacial score (nSPS) is 17.2. The summed E-state index contributed by atoms with van der Waals surface area (Å²) in [5, 5.41) is 6.20. The zero-order chi connectivity index (χ0) is 29.1. The lowest BCUT2D eigenvalue weighted by Crippen LogP contribution is -2.31. The molecule has 4 aromatic rings. The van der Waals surface area contributed by atoms with Crippen LogP contribution < -0.4 is 28.3 Å². The van der Waals surface area contributed by atoms with Crippen LogP contribution in [0.3, 0.4) is 0 Å². The lowest BCUT2D eigenvalue weighted by Gasteiger charge is -2.30. The van der Waals surface area contributed by atoms with Gasteiger partial charge in [-0.2, -0.15) is 0 Å². The average Bonchev–Trinajstić information content (AvgIpc) is 3.01. The van der Waals surface area contributed by atoms with E-state index in [-0.39, 0.29) is 0 Å². The van der Waals surface area contributed by atoms with E-state index in [2.05, 4.69) is 10.2 Å². The van der Waals surface area contributed by atoms with Gasteiger partial charge in [-0.1, -0.05) is 72.8 Å². The molecule has 0 aliphatic heterocycles. The summed E-state index contributed by atoms with van der Waals surface area (Å²) in [6.45, 7) is 0.980. The Morgan fingerprint density at radius 2 is 0.690 bits per heavy atom. The van der Waals surface area contributed by atoms with Crippen LogP contribution >= 0.6 is 15.5 Å². The van der Waals surface area contributed by atoms with E-state index in [1.165, 1.54) is 0 Å². The van der Waals surface area contributed by atoms with Gasteiger partial charge in [0.2, 0.25) is 0 Å². The van der Waals surface area contributed by atoms with Crippen LogP contribution in [0.25, 0.3) is 0 Å². The zero-order valence-corrected chi connectivity index (χ0v) is 25.1. The van der Waals surface area contributed by atoms with Crippen molar-refractivity contribution in [1.29, 1.82) is 0 Å². The number of nitrogens with one attached hydrogen (secondary N) is 2. The molecule has 0 aromatic heterocycles. The van der Waals surface area contributed by atoms with Gasteiger partial charge in [-0.15, -0.1) is 0 Å². The molecule has 0 saturated heterocycles. The van der Waals surface area contributed by atoms with Crippen LogP contribution in [-0.2, 0) is 9.13 Å². The Hall–Kier alpha value is -3.54. The molecular formula is C32H36N2O6P2. The van der Waals surface area contributed by atoms with Crippen molar-refractivity contribution in [3.63, 3.8) is 0 Å². The van der Waals surface area contributed by atoms with Gasteiger partial charge in [0.25, 0.3) is 0 Å². The van der Waals surface area contributed by atoms with Gasteiger partial charge < -0.3 is 18.1 Å². The summed E-state index contributed by atoms with van der Waals surface area (Å²) in [4.78, 5) is 0. The third kappa shape index (κ3) is 9.23. The van der Waals surface area contributed by atoms with Gasteiger partial charge in [-0.05, 0) is 86.1 Å². The first-order chi connectivity index (χ1) is 20.5. The van der Waals surface area contributed by atoms with E-state index < -0.39 is 15.5 Å². The van der Waals surface area contributed by atoms with Crippen molar-refractivity contribution in [3.05, 3.63) is 121 Å². The van der Waals surface area contributed by atoms with Gasteiger partial charge >= 0.3 is 15.5 Å². The maximum Gasteiger partial charge on any atom is 0.512 e. The molecule has 0 heterocycles. The second-order valence-electron chi connectivity index (χ2n) is 10.2. The summed E-state index contributed by atoms with van der Waals surface area (Å²) in [7, 11) is -7.36. The largest absolute Gasteiger partial charge is 0.512 e. The zero-order valence-electron chi connectivity index (χ0n) is 23.3. The number of hydrogen-bond acceptors (Lipinski definition) is 6. The highest BCUT2D eigenvalue weighted by molar-refractivity contribution is 7.52. The van der Waals surface area contributed by atoms with Crippen molar-refractivity contribution in [2.24, 2.45) is 11.8 Å². The highest BCUT2D eigenvalue weighted by atomic mass is 31.2. The minimum absolute atomic E-state index is 0.293. The van der Waals surface area contributed by atoms with Crippen molar-refractivity contribution < 1.29 is 27.2 Å². The molecule has 0 radical (unpaired) electrons. The van der Waals surface area contributed by atoms with Gasteiger partial charge in [0.05, 0.1) is 0 Å². The lowest BCUT2D eigenvalue weighted by atomic mass is 9.82. The fourth-order valence-electron chi connectivity index (χ4n) is 4.77. The Labute approximate surface area is 247 Å². The number of para-hydroxylation sites is 4. The fraction of sp³-hybridized carbons (Fsp3) is 0.250. The summed E-state index contributed by atoms with van der Waals surface area (Å²) in [5.74, 6) is 2.47. The summed E-state index contributed by atoms with van der Waals surface area (Å²) in [6, 6.07) is 36.1. The minimum Gasteiger partial charge on any atom is -0.405 e. The maximum absolute atomic E-state index is 13.7. The van der Waals surface area contributed by atoms with Crippen molar-refractivity contribution in [1.82, 2.24) is 10.2 Å². The molecule has 1 saturated carbocycles. The maximum atomic E-state index is 13.7. The third-order valence-corrected chi connectivity index (χ3v) is 9.93. The molecule has 42 heavy (non-hydrogen) atoms. The first-order valence-electron chi connectivity index (χ1n) is 14.2. The van der Waals surface area contributed by atoms with Crippen molar-refractivity contribution in [2.45, 2.75) is 25.7 Å². The molecule has 5 rings (SSSR count). The van der Waals surface area contributed by atoms with E-state index in [9.17, 15) is 9.13 Å². The van der Waals surface area contributed by atoms with Crippen LogP contribution in [0.15, 0.2) is 121 Å². The minimum atomic E-state index is -3.68. The molecule has 0 atom stereocenters. The second kappa shape index (κ2) is 14.6. The molecule has 10 heteroatoms. The number of hydrogen-bond donors (Lipinski definition) is 2. The fourth-order valence-corrected chi connectivity index (χ4v) is 7.66. The van der Waals surface area contributed by atoms with E-state index in [0.717, 1.165) is 25.7 Å². The topological polar surface area (TPSA) is 95.1 Å². The van der Waals surface area contributed by atoms with E-state index >= 15 is 0 Å². The predicted molar refractivity (Wildman–Crippen MR) is 165 cm³/mol. The van der Waals surface area contributed by atoms with Crippen LogP contribution in [-0.4, -0.2) is 13.1 Å². The molecule has 0 bridgehead atoms. The summed E-state index contributed by atoms with van der Waals surface area (Å²) < 4.78 is 50.9. The highest BCUT2D eigenvalue weighted by Gasteiger charge is 2.33. The summed E-state index contributed by atoms with van der Waals surface area (Å²) in [5.41, 5.74) is 0. The van der Waals surface area contributed by atoms with E-state index in [0.29, 0.717) is 47.9 Å². The van der Waals surface area contributed by atoms with Gasteiger partial charge in [-0.25, -0.2) is 19.3 Å². The lowest BCUT2D eigenvalue weighted by molar-refractivity contribution is 0.264. The molecule has 8 nitrogen and oxygen atoms in total. The van der Waals surface area contributed by atoms with Crippen LogP contribution in [0, 0.1) is 11.8 Å². The molecule has 4 aromatic carbocycles. The Morgan fingerprint density at radius 1 is 0.452 bits per heavy atom. The molecule has 2 N–H and O–H groups in total. The molecule has 0 amide bonds. The van der Waals surface area contributed by atoms with E-state index in [4.69, 9.17) is 18.1 Å². The van der Waals surface area contributed by atoms with Crippen LogP contribution in [0.4, 0.5) is 0 Å². The Balaban J connectivity index is 1.15. The number of rotatable bonds is 14. The van der Waals surface area contributed by atoms with Crippen molar-refractivity contribution >= 4 is 15.5 Å². The van der Waals surface area contributed by atoms with Crippen LogP contribution in [0.2, 0.25) is 0 Å². The molecule has 0 spiro atoms. The van der Waals surface area contributed by atoms with Gasteiger partial charge in [-0.3, -0.25) is 0 Å². The second-order valence-corrected chi connectivity index (χ2v) is 13.6. The first kappa shape index (κ1) is 29.9. The highest BCUT2D eigenvalue weighted by Crippen LogP contribution is 2.47. The van der Waals surface area contributed by atoms with E-state index in [1.54, 1.807) is 48.5 Å². The molecular weight excluding hydrogens is 570 g/mol. The number of benzene rings is 4. The van der Waals surface area contributed by atoms with Gasteiger partial charge in [0, 0.05) is 13.1 Å². The monoisotopic (exact) mass is 606 g/mol. The molecule has 1 aliphatic rings. The van der Waals surface area contributed by atoms with Crippen molar-refractivity contribution in [3.8, 4) is 23.0 Å². The van der Waals surface area contributed by atoms with Gasteiger partial charge in [0.1, 0.15) is 23.0 Å². The van der Waals surface area contributed by atoms with Crippen LogP contribution in [0.5, 0.6) is 23.0 Å². The summed E-state index contributed by atoms with van der Waals surface area (Å²) in [6.07, 6.45) is 3.66. The third-order valence-electron chi connectivity index (χ3n) is 6.99. The summed E-state index contributed by atoms with van der Waals surface area (Å²) >= 11 is 0. The van der Waals surface area contributed by atoms with Crippen molar-refractivity contribution in [2.75, 3.05) is 13.1 Å². The molecule has 0 unspecified atom stereocenters. The Morgan fingerprint density at radius 3 is 0.929 bits per heavy atom. The molecule has 1 fully saturated rings. The molecule has 1 aliphatic carbocycles. The quantitative estimate of drug-likeness (QED) is 0.138. The first-order valence-corrected chi connectivity index (χ1v) is 17.2. The SMILES string of the molecule is O=P(NCC1CCC(CNP(=O)(Oc2ccccc2)Oc2ccccc2)CC1)(Oc1ccccc1)Oc1ccccc1. The Bertz CT molecular complexity index is 1250. The van der Waals surface area contributed by atoms with E-state index in [1.807, 2.05) is 72.8 Å². The standard InChI is InChI=1S/C32H36N2O6P2/c35-41(37-29-13-5-1-6-14-29,38-30-15-7-2-8-16-30)33-25-27-21-23-28(24-22-27)26-34-42(36,39-31-17-9-3-10-18-31)40-32-19-11-4-12-20-32/h1-20,27-28H,21-26H2,(H,33,35)(H,34,36).